The van der Waals surface area contributed by atoms with E-state index in [1.54, 1.807) is 6.08 Å². The van der Waals surface area contributed by atoms with E-state index in [4.69, 9.17) is 9.68 Å². The van der Waals surface area contributed by atoms with Gasteiger partial charge >= 0.3 is 0 Å². The van der Waals surface area contributed by atoms with Crippen molar-refractivity contribution >= 4 is 28.9 Å². The van der Waals surface area contributed by atoms with E-state index in [0.717, 1.165) is 49.2 Å². The van der Waals surface area contributed by atoms with Gasteiger partial charge in [-0.05, 0) is 30.8 Å². The van der Waals surface area contributed by atoms with Gasteiger partial charge in [0.2, 0.25) is 0 Å². The van der Waals surface area contributed by atoms with Crippen LogP contribution in [0.25, 0.3) is 17.4 Å². The molecule has 1 amide bonds. The summed E-state index contributed by atoms with van der Waals surface area (Å²) < 4.78 is 5.92. The summed E-state index contributed by atoms with van der Waals surface area (Å²) in [6.45, 7) is 6.57. The van der Waals surface area contributed by atoms with Gasteiger partial charge in [0.1, 0.15) is 11.5 Å². The molecule has 1 saturated heterocycles. The first-order valence-electron chi connectivity index (χ1n) is 9.77. The minimum Gasteiger partial charge on any atom is -0.457 e. The number of piperazine rings is 1. The maximum absolute atomic E-state index is 12.4. The molecule has 29 heavy (non-hydrogen) atoms. The average Bonchev–Trinajstić information content (AvgIpc) is 3.35. The van der Waals surface area contributed by atoms with Crippen molar-refractivity contribution in [1.29, 1.82) is 5.26 Å². The standard InChI is InChI=1S/C22H22N4O2S/c1-16-3-5-17(6-4-16)19-8-7-18(28-19)15-20-21(27)24-22(29-20)26-13-11-25(12-14-26)10-2-9-23/h3-8,15H,2,10-14H2,1H3/p+1/b20-15+. The number of benzene rings is 1. The highest BCUT2D eigenvalue weighted by atomic mass is 32.2. The average molecular weight is 408 g/mol. The molecule has 0 saturated carbocycles. The van der Waals surface area contributed by atoms with Gasteiger partial charge in [-0.15, -0.1) is 0 Å². The van der Waals surface area contributed by atoms with Gasteiger partial charge in [0.25, 0.3) is 5.91 Å². The van der Waals surface area contributed by atoms with Crippen LogP contribution in [0.1, 0.15) is 17.7 Å². The number of hydrogen-bond acceptors (Lipinski definition) is 5. The Morgan fingerprint density at radius 2 is 2.00 bits per heavy atom. The fourth-order valence-electron chi connectivity index (χ4n) is 3.46. The summed E-state index contributed by atoms with van der Waals surface area (Å²) in [7, 11) is 0. The first kappa shape index (κ1) is 19.5. The van der Waals surface area contributed by atoms with Gasteiger partial charge in [-0.3, -0.25) is 4.79 Å². The number of nitrogens with one attached hydrogen (secondary N) is 1. The molecule has 2 aromatic rings. The predicted molar refractivity (Wildman–Crippen MR) is 114 cm³/mol. The van der Waals surface area contributed by atoms with Crippen LogP contribution >= 0.6 is 11.8 Å². The summed E-state index contributed by atoms with van der Waals surface area (Å²) >= 11 is 1.41. The van der Waals surface area contributed by atoms with Crippen molar-refractivity contribution in [3.8, 4) is 17.4 Å². The SMILES string of the molecule is Cc1ccc(-c2ccc(/C=C3/SC(N4CC[NH+](CCC#N)CC4)=NC3=O)o2)cc1. The molecule has 0 radical (unpaired) electrons. The Balaban J connectivity index is 1.39. The number of hydrogen-bond donors (Lipinski definition) is 1. The Kier molecular flexibility index (Phi) is 5.84. The lowest BCUT2D eigenvalue weighted by Gasteiger charge is -2.32. The maximum atomic E-state index is 12.4. The topological polar surface area (TPSA) is 74.0 Å². The highest BCUT2D eigenvalue weighted by molar-refractivity contribution is 8.18. The molecular weight excluding hydrogens is 384 g/mol. The fraction of sp³-hybridized carbons (Fsp3) is 0.318. The quantitative estimate of drug-likeness (QED) is 0.788. The van der Waals surface area contributed by atoms with E-state index in [1.165, 1.54) is 22.2 Å². The summed E-state index contributed by atoms with van der Waals surface area (Å²) in [6, 6.07) is 14.2. The van der Waals surface area contributed by atoms with Crippen LogP contribution in [0.15, 0.2) is 50.7 Å². The fourth-order valence-corrected chi connectivity index (χ4v) is 4.41. The van der Waals surface area contributed by atoms with Crippen molar-refractivity contribution in [3.05, 3.63) is 52.6 Å². The van der Waals surface area contributed by atoms with Crippen molar-refractivity contribution in [2.45, 2.75) is 13.3 Å². The Morgan fingerprint density at radius 3 is 2.72 bits per heavy atom. The van der Waals surface area contributed by atoms with E-state index < -0.39 is 0 Å². The molecule has 0 aliphatic carbocycles. The summed E-state index contributed by atoms with van der Waals surface area (Å²) in [5.74, 6) is 1.22. The molecule has 148 valence electrons. The van der Waals surface area contributed by atoms with Crippen LogP contribution in [-0.4, -0.2) is 48.7 Å². The number of amides is 1. The van der Waals surface area contributed by atoms with Gasteiger partial charge < -0.3 is 14.2 Å². The van der Waals surface area contributed by atoms with Crippen molar-refractivity contribution in [2.24, 2.45) is 4.99 Å². The Hall–Kier alpha value is -2.82. The Bertz CT molecular complexity index is 993. The highest BCUT2D eigenvalue weighted by Crippen LogP contribution is 2.31. The zero-order valence-electron chi connectivity index (χ0n) is 16.4. The first-order chi connectivity index (χ1) is 14.1. The number of quaternary nitrogens is 1. The second kappa shape index (κ2) is 8.68. The second-order valence-electron chi connectivity index (χ2n) is 7.27. The van der Waals surface area contributed by atoms with Crippen LogP contribution < -0.4 is 4.90 Å². The third kappa shape index (κ3) is 4.61. The number of nitrogens with zero attached hydrogens (tertiary/aromatic N) is 3. The molecule has 0 bridgehead atoms. The Labute approximate surface area is 174 Å². The molecule has 6 nitrogen and oxygen atoms in total. The largest absolute Gasteiger partial charge is 0.457 e. The van der Waals surface area contributed by atoms with Gasteiger partial charge in [-0.2, -0.15) is 10.3 Å². The van der Waals surface area contributed by atoms with E-state index in [2.05, 4.69) is 22.9 Å². The highest BCUT2D eigenvalue weighted by Gasteiger charge is 2.29. The number of amidine groups is 1. The molecule has 2 aliphatic rings. The zero-order valence-corrected chi connectivity index (χ0v) is 17.2. The van der Waals surface area contributed by atoms with Crippen LogP contribution in [0.5, 0.6) is 0 Å². The number of thioether (sulfide) groups is 1. The maximum Gasteiger partial charge on any atom is 0.286 e. The van der Waals surface area contributed by atoms with Gasteiger partial charge in [0, 0.05) is 11.6 Å². The van der Waals surface area contributed by atoms with E-state index in [9.17, 15) is 4.79 Å². The van der Waals surface area contributed by atoms with Crippen molar-refractivity contribution in [2.75, 3.05) is 32.7 Å². The van der Waals surface area contributed by atoms with Gasteiger partial charge in [0.05, 0.1) is 50.1 Å². The molecule has 7 heteroatoms. The second-order valence-corrected chi connectivity index (χ2v) is 8.28. The molecule has 3 heterocycles. The van der Waals surface area contributed by atoms with E-state index in [0.29, 0.717) is 17.1 Å². The monoisotopic (exact) mass is 407 g/mol. The molecule has 1 aromatic carbocycles. The van der Waals surface area contributed by atoms with Crippen molar-refractivity contribution in [3.63, 3.8) is 0 Å². The van der Waals surface area contributed by atoms with E-state index in [1.807, 2.05) is 36.4 Å². The Morgan fingerprint density at radius 1 is 1.24 bits per heavy atom. The number of aliphatic imine (C=N–C) groups is 1. The molecule has 1 aromatic heterocycles. The number of furan rings is 1. The third-order valence-corrected chi connectivity index (χ3v) is 6.22. The lowest BCUT2D eigenvalue weighted by atomic mass is 10.1. The summed E-state index contributed by atoms with van der Waals surface area (Å²) in [4.78, 5) is 20.8. The smallest absolute Gasteiger partial charge is 0.286 e. The lowest BCUT2D eigenvalue weighted by Crippen LogP contribution is -3.14. The molecule has 4 rings (SSSR count). The molecule has 0 spiro atoms. The molecular formula is C22H23N4O2S+. The predicted octanol–water partition coefficient (Wildman–Crippen LogP) is 2.34. The van der Waals surface area contributed by atoms with Crippen molar-refractivity contribution in [1.82, 2.24) is 4.90 Å². The number of nitriles is 1. The van der Waals surface area contributed by atoms with E-state index >= 15 is 0 Å². The van der Waals surface area contributed by atoms with Gasteiger partial charge in [-0.25, -0.2) is 0 Å². The number of aryl methyl sites for hydroxylation is 1. The first-order valence-corrected chi connectivity index (χ1v) is 10.6. The van der Waals surface area contributed by atoms with Gasteiger partial charge in [-0.1, -0.05) is 29.8 Å². The molecule has 2 aliphatic heterocycles. The summed E-state index contributed by atoms with van der Waals surface area (Å²) in [5.41, 5.74) is 2.21. The number of carbonyl (C=O) groups is 1. The van der Waals surface area contributed by atoms with Crippen LogP contribution in [0.2, 0.25) is 0 Å². The van der Waals surface area contributed by atoms with Crippen LogP contribution in [0.4, 0.5) is 0 Å². The zero-order chi connectivity index (χ0) is 20.2. The van der Waals surface area contributed by atoms with Crippen LogP contribution in [0, 0.1) is 18.3 Å². The lowest BCUT2D eigenvalue weighted by molar-refractivity contribution is -0.903. The summed E-state index contributed by atoms with van der Waals surface area (Å²) in [5, 5.41) is 9.50. The normalized spacial score (nSPS) is 18.9. The van der Waals surface area contributed by atoms with Gasteiger partial charge in [0.15, 0.2) is 5.17 Å². The third-order valence-electron chi connectivity index (χ3n) is 5.18. The summed E-state index contributed by atoms with van der Waals surface area (Å²) in [6.07, 6.45) is 2.36. The molecule has 0 atom stereocenters. The number of rotatable bonds is 4. The molecule has 1 N–H and O–H groups in total. The minimum atomic E-state index is -0.211. The minimum absolute atomic E-state index is 0.211. The van der Waals surface area contributed by atoms with Crippen LogP contribution in [0.3, 0.4) is 0 Å². The van der Waals surface area contributed by atoms with E-state index in [-0.39, 0.29) is 5.91 Å². The number of carbonyl (C=O) groups excluding carboxylic acids is 1. The van der Waals surface area contributed by atoms with Crippen LogP contribution in [-0.2, 0) is 4.79 Å². The molecule has 1 fully saturated rings. The molecule has 0 unspecified atom stereocenters. The van der Waals surface area contributed by atoms with Crippen molar-refractivity contribution < 1.29 is 14.1 Å².